The van der Waals surface area contributed by atoms with Gasteiger partial charge in [0.2, 0.25) is 0 Å². The van der Waals surface area contributed by atoms with E-state index in [1.54, 1.807) is 0 Å². The monoisotopic (exact) mass is 748 g/mol. The second-order valence-electron chi connectivity index (χ2n) is 16.1. The van der Waals surface area contributed by atoms with Crippen molar-refractivity contribution >= 4 is 81.7 Å². The largest absolute Gasteiger partial charge is 0.292 e. The molecular formula is C57H36N2. The highest BCUT2D eigenvalue weighted by Gasteiger charge is 2.25. The summed E-state index contributed by atoms with van der Waals surface area (Å²) in [5, 5.41) is 15.0. The first-order chi connectivity index (χ1) is 29.3. The van der Waals surface area contributed by atoms with Crippen LogP contribution in [-0.4, -0.2) is 9.55 Å². The third-order valence-electron chi connectivity index (χ3n) is 12.9. The standard InChI is InChI=1S/C57H36N2/c1-2-18-44(19-3-1)59-56-49-23-11-17-38-27-26-37-16-10-22-48(53(37)54(38)49)55(56)58-57(59)43-30-31-47-50(34-43)52(42-29-25-36-13-5-7-15-40(36)33-42)46-21-9-8-20-45(46)51(47)41-28-24-35-12-4-6-14-39(35)32-41/h1-7,9-19,21-34H,8,20H2. The van der Waals surface area contributed by atoms with Crippen LogP contribution in [0.1, 0.15) is 17.5 Å². The van der Waals surface area contributed by atoms with Gasteiger partial charge >= 0.3 is 0 Å². The van der Waals surface area contributed by atoms with Crippen LogP contribution < -0.4 is 0 Å². The third kappa shape index (κ3) is 4.78. The Morgan fingerprint density at radius 3 is 1.75 bits per heavy atom. The predicted octanol–water partition coefficient (Wildman–Crippen LogP) is 15.3. The number of nitrogens with zero attached hydrogens (tertiary/aromatic N) is 2. The summed E-state index contributed by atoms with van der Waals surface area (Å²) in [6, 6.07) is 67.3. The van der Waals surface area contributed by atoms with Crippen molar-refractivity contribution < 1.29 is 0 Å². The van der Waals surface area contributed by atoms with E-state index in [0.29, 0.717) is 0 Å². The number of fused-ring (bicyclic) bond motifs is 7. The van der Waals surface area contributed by atoms with Crippen molar-refractivity contribution in [2.75, 3.05) is 0 Å². The first-order valence-electron chi connectivity index (χ1n) is 20.7. The zero-order valence-corrected chi connectivity index (χ0v) is 32.3. The van der Waals surface area contributed by atoms with Gasteiger partial charge in [0, 0.05) is 22.0 Å². The predicted molar refractivity (Wildman–Crippen MR) is 251 cm³/mol. The summed E-state index contributed by atoms with van der Waals surface area (Å²) in [7, 11) is 0. The molecule has 1 aromatic heterocycles. The minimum absolute atomic E-state index is 0.940. The van der Waals surface area contributed by atoms with Crippen LogP contribution in [0.3, 0.4) is 0 Å². The van der Waals surface area contributed by atoms with E-state index in [4.69, 9.17) is 4.98 Å². The van der Waals surface area contributed by atoms with Crippen molar-refractivity contribution in [1.82, 2.24) is 9.55 Å². The molecule has 13 rings (SSSR count). The fourth-order valence-corrected chi connectivity index (χ4v) is 10.3. The summed E-state index contributed by atoms with van der Waals surface area (Å²) in [5.41, 5.74) is 12.2. The average Bonchev–Trinajstić information content (AvgIpc) is 3.71. The highest BCUT2D eigenvalue weighted by atomic mass is 15.1. The SMILES string of the molecule is C1=Cc2c(c(-c3ccc4ccccc4c3)c3ccc(-c4nc5c6cccc7ccc8cccc(c8c76)c5n4-c4ccccc4)cc3c2-c2ccc3ccccc3c2)CC1. The van der Waals surface area contributed by atoms with Crippen LogP contribution in [-0.2, 0) is 6.42 Å². The zero-order chi connectivity index (χ0) is 38.6. The number of hydrogen-bond donors (Lipinski definition) is 0. The number of allylic oxidation sites excluding steroid dienone is 1. The lowest BCUT2D eigenvalue weighted by Crippen LogP contribution is -2.03. The van der Waals surface area contributed by atoms with Crippen LogP contribution in [0.4, 0.5) is 0 Å². The smallest absolute Gasteiger partial charge is 0.145 e. The van der Waals surface area contributed by atoms with Crippen molar-refractivity contribution in [1.29, 1.82) is 0 Å². The Hall–Kier alpha value is -7.55. The quantitative estimate of drug-likeness (QED) is 0.164. The lowest BCUT2D eigenvalue weighted by atomic mass is 9.79. The molecular weight excluding hydrogens is 713 g/mol. The van der Waals surface area contributed by atoms with Crippen molar-refractivity contribution in [3.05, 3.63) is 199 Å². The molecule has 0 radical (unpaired) electrons. The lowest BCUT2D eigenvalue weighted by molar-refractivity contribution is 0.991. The van der Waals surface area contributed by atoms with Crippen molar-refractivity contribution in [3.63, 3.8) is 0 Å². The van der Waals surface area contributed by atoms with Crippen LogP contribution in [0.5, 0.6) is 0 Å². The molecule has 0 aliphatic heterocycles. The molecule has 12 aromatic rings. The Bertz CT molecular complexity index is 3720. The van der Waals surface area contributed by atoms with Gasteiger partial charge in [-0.05, 0) is 130 Å². The van der Waals surface area contributed by atoms with Gasteiger partial charge in [0.1, 0.15) is 5.82 Å². The molecule has 1 aliphatic carbocycles. The fraction of sp³-hybridized carbons (Fsp3) is 0.0351. The summed E-state index contributed by atoms with van der Waals surface area (Å²) in [6.45, 7) is 0. The number of benzene rings is 11. The van der Waals surface area contributed by atoms with Crippen molar-refractivity contribution in [3.8, 4) is 39.3 Å². The average molecular weight is 749 g/mol. The molecule has 59 heavy (non-hydrogen) atoms. The summed E-state index contributed by atoms with van der Waals surface area (Å²) < 4.78 is 2.41. The minimum atomic E-state index is 0.940. The Kier molecular flexibility index (Phi) is 6.88. The van der Waals surface area contributed by atoms with Crippen LogP contribution in [0, 0.1) is 0 Å². The normalized spacial score (nSPS) is 12.9. The third-order valence-corrected chi connectivity index (χ3v) is 12.9. The van der Waals surface area contributed by atoms with Gasteiger partial charge in [-0.1, -0.05) is 164 Å². The Balaban J connectivity index is 1.17. The van der Waals surface area contributed by atoms with Gasteiger partial charge < -0.3 is 0 Å². The fourth-order valence-electron chi connectivity index (χ4n) is 10.3. The van der Waals surface area contributed by atoms with Gasteiger partial charge in [0.25, 0.3) is 0 Å². The summed E-state index contributed by atoms with van der Waals surface area (Å²) in [4.78, 5) is 5.71. The highest BCUT2D eigenvalue weighted by Crippen LogP contribution is 2.48. The molecule has 0 amide bonds. The van der Waals surface area contributed by atoms with Gasteiger partial charge in [0.05, 0.1) is 11.0 Å². The maximum atomic E-state index is 5.71. The molecule has 11 aromatic carbocycles. The van der Waals surface area contributed by atoms with E-state index in [0.717, 1.165) is 41.0 Å². The number of imidazole rings is 1. The highest BCUT2D eigenvalue weighted by molar-refractivity contribution is 6.33. The maximum absolute atomic E-state index is 5.71. The van der Waals surface area contributed by atoms with Crippen LogP contribution in [0.2, 0.25) is 0 Å². The van der Waals surface area contributed by atoms with Gasteiger partial charge in [-0.3, -0.25) is 4.57 Å². The molecule has 0 saturated carbocycles. The van der Waals surface area contributed by atoms with E-state index in [2.05, 4.69) is 199 Å². The number of rotatable bonds is 4. The first-order valence-corrected chi connectivity index (χ1v) is 20.7. The molecule has 0 unspecified atom stereocenters. The van der Waals surface area contributed by atoms with Gasteiger partial charge in [0.15, 0.2) is 0 Å². The van der Waals surface area contributed by atoms with E-state index in [1.807, 2.05) is 0 Å². The number of hydrogen-bond acceptors (Lipinski definition) is 1. The lowest BCUT2D eigenvalue weighted by Gasteiger charge is -2.24. The van der Waals surface area contributed by atoms with E-state index in [1.165, 1.54) is 98.0 Å². The second-order valence-corrected chi connectivity index (χ2v) is 16.1. The molecule has 274 valence electrons. The molecule has 2 heteroatoms. The van der Waals surface area contributed by atoms with E-state index in [-0.39, 0.29) is 0 Å². The van der Waals surface area contributed by atoms with E-state index >= 15 is 0 Å². The van der Waals surface area contributed by atoms with Gasteiger partial charge in [-0.15, -0.1) is 0 Å². The zero-order valence-electron chi connectivity index (χ0n) is 32.3. The van der Waals surface area contributed by atoms with Crippen molar-refractivity contribution in [2.45, 2.75) is 12.8 Å². The van der Waals surface area contributed by atoms with E-state index < -0.39 is 0 Å². The van der Waals surface area contributed by atoms with Crippen molar-refractivity contribution in [2.24, 2.45) is 0 Å². The molecule has 0 spiro atoms. The van der Waals surface area contributed by atoms with Gasteiger partial charge in [-0.25, -0.2) is 4.98 Å². The van der Waals surface area contributed by atoms with Crippen LogP contribution >= 0.6 is 0 Å². The van der Waals surface area contributed by atoms with Gasteiger partial charge in [-0.2, -0.15) is 0 Å². The topological polar surface area (TPSA) is 17.8 Å². The molecule has 1 aliphatic rings. The minimum Gasteiger partial charge on any atom is -0.292 e. The molecule has 0 atom stereocenters. The number of para-hydroxylation sites is 1. The summed E-state index contributed by atoms with van der Waals surface area (Å²) in [5.74, 6) is 0.940. The van der Waals surface area contributed by atoms with Crippen LogP contribution in [0.15, 0.2) is 188 Å². The molecule has 0 bridgehead atoms. The Morgan fingerprint density at radius 2 is 1.02 bits per heavy atom. The summed E-state index contributed by atoms with van der Waals surface area (Å²) in [6.07, 6.45) is 6.77. The van der Waals surface area contributed by atoms with E-state index in [9.17, 15) is 0 Å². The first kappa shape index (κ1) is 32.5. The molecule has 0 N–H and O–H groups in total. The molecule has 2 nitrogen and oxygen atoms in total. The molecule has 0 fully saturated rings. The summed E-state index contributed by atoms with van der Waals surface area (Å²) >= 11 is 0. The Labute approximate surface area is 341 Å². The maximum Gasteiger partial charge on any atom is 0.145 e. The van der Waals surface area contributed by atoms with Crippen LogP contribution in [0.25, 0.3) is 121 Å². The molecule has 0 saturated heterocycles. The molecule has 1 heterocycles. The Morgan fingerprint density at radius 1 is 0.424 bits per heavy atom. The number of aromatic nitrogens is 2. The second kappa shape index (κ2) is 12.5.